The number of benzene rings is 2. The first-order valence-corrected chi connectivity index (χ1v) is 9.42. The van der Waals surface area contributed by atoms with Gasteiger partial charge in [0.1, 0.15) is 0 Å². The summed E-state index contributed by atoms with van der Waals surface area (Å²) in [5.74, 6) is -0.588. The summed E-state index contributed by atoms with van der Waals surface area (Å²) in [5, 5.41) is 3.71. The monoisotopic (exact) mass is 386 g/mol. The van der Waals surface area contributed by atoms with Crippen molar-refractivity contribution in [2.75, 3.05) is 26.7 Å². The van der Waals surface area contributed by atoms with Gasteiger partial charge in [0.2, 0.25) is 0 Å². The standard InChI is InChI=1S/C21H23ClN2O3/c1-27-21(26)16-9-7-15(8-10-16)20(25)23-14-19(24-11-2-3-12-24)17-5-4-6-18(22)13-17/h4-10,13,19H,2-3,11-12,14H2,1H3,(H,23,25). The Morgan fingerprint density at radius 3 is 2.41 bits per heavy atom. The van der Waals surface area contributed by atoms with Gasteiger partial charge in [0.05, 0.1) is 18.7 Å². The Kier molecular flexibility index (Phi) is 6.48. The predicted octanol–water partition coefficient (Wildman–Crippen LogP) is 3.69. The van der Waals surface area contributed by atoms with Crippen LogP contribution in [0.2, 0.25) is 5.02 Å². The number of nitrogens with zero attached hydrogens (tertiary/aromatic N) is 1. The average Bonchev–Trinajstić information content (AvgIpc) is 3.22. The summed E-state index contributed by atoms with van der Waals surface area (Å²) in [6.07, 6.45) is 2.33. The Hall–Kier alpha value is -2.37. The van der Waals surface area contributed by atoms with E-state index < -0.39 is 5.97 Å². The number of amides is 1. The van der Waals surface area contributed by atoms with Crippen LogP contribution in [-0.2, 0) is 4.74 Å². The molecule has 1 fully saturated rings. The molecule has 0 aromatic heterocycles. The SMILES string of the molecule is COC(=O)c1ccc(C(=O)NCC(c2cccc(Cl)c2)N2CCCC2)cc1. The zero-order chi connectivity index (χ0) is 19.2. The summed E-state index contributed by atoms with van der Waals surface area (Å²) in [4.78, 5) is 26.4. The van der Waals surface area contributed by atoms with Gasteiger partial charge < -0.3 is 10.1 Å². The van der Waals surface area contributed by atoms with Gasteiger partial charge in [-0.15, -0.1) is 0 Å². The van der Waals surface area contributed by atoms with Crippen LogP contribution < -0.4 is 5.32 Å². The van der Waals surface area contributed by atoms with Gasteiger partial charge >= 0.3 is 5.97 Å². The molecule has 1 heterocycles. The molecule has 27 heavy (non-hydrogen) atoms. The molecule has 1 saturated heterocycles. The van der Waals surface area contributed by atoms with Crippen molar-refractivity contribution in [1.82, 2.24) is 10.2 Å². The van der Waals surface area contributed by atoms with E-state index in [4.69, 9.17) is 11.6 Å². The highest BCUT2D eigenvalue weighted by atomic mass is 35.5. The van der Waals surface area contributed by atoms with Gasteiger partial charge in [-0.2, -0.15) is 0 Å². The minimum Gasteiger partial charge on any atom is -0.465 e. The summed E-state index contributed by atoms with van der Waals surface area (Å²) in [6.45, 7) is 2.53. The number of carbonyl (C=O) groups excluding carboxylic acids is 2. The van der Waals surface area contributed by atoms with E-state index in [1.54, 1.807) is 24.3 Å². The summed E-state index contributed by atoms with van der Waals surface area (Å²) < 4.78 is 4.68. The molecule has 1 aliphatic rings. The number of esters is 1. The number of hydrogen-bond acceptors (Lipinski definition) is 4. The van der Waals surface area contributed by atoms with Crippen molar-refractivity contribution in [3.63, 3.8) is 0 Å². The number of hydrogen-bond donors (Lipinski definition) is 1. The molecular weight excluding hydrogens is 364 g/mol. The lowest BCUT2D eigenvalue weighted by molar-refractivity contribution is 0.0600. The summed E-state index contributed by atoms with van der Waals surface area (Å²) in [6, 6.07) is 14.3. The number of nitrogens with one attached hydrogen (secondary N) is 1. The fraction of sp³-hybridized carbons (Fsp3) is 0.333. The second kappa shape index (κ2) is 9.02. The van der Waals surface area contributed by atoms with Crippen LogP contribution in [0.15, 0.2) is 48.5 Å². The fourth-order valence-corrected chi connectivity index (χ4v) is 3.59. The summed E-state index contributed by atoms with van der Waals surface area (Å²) >= 11 is 6.16. The highest BCUT2D eigenvalue weighted by Crippen LogP contribution is 2.26. The van der Waals surface area contributed by atoms with Crippen LogP contribution in [0.25, 0.3) is 0 Å². The Morgan fingerprint density at radius 2 is 1.78 bits per heavy atom. The van der Waals surface area contributed by atoms with Crippen LogP contribution in [0.1, 0.15) is 45.2 Å². The van der Waals surface area contributed by atoms with Gasteiger partial charge in [-0.05, 0) is 67.9 Å². The van der Waals surface area contributed by atoms with Crippen molar-refractivity contribution >= 4 is 23.5 Å². The third-order valence-electron chi connectivity index (χ3n) is 4.84. The normalized spacial score (nSPS) is 15.3. The van der Waals surface area contributed by atoms with Gasteiger partial charge in [0.25, 0.3) is 5.91 Å². The second-order valence-electron chi connectivity index (χ2n) is 6.59. The maximum atomic E-state index is 12.5. The lowest BCUT2D eigenvalue weighted by Gasteiger charge is -2.28. The van der Waals surface area contributed by atoms with Gasteiger partial charge in [-0.1, -0.05) is 23.7 Å². The number of carbonyl (C=O) groups is 2. The van der Waals surface area contributed by atoms with E-state index in [2.05, 4.69) is 15.0 Å². The van der Waals surface area contributed by atoms with Gasteiger partial charge in [-0.3, -0.25) is 9.69 Å². The van der Waals surface area contributed by atoms with Crippen LogP contribution in [0.3, 0.4) is 0 Å². The summed E-state index contributed by atoms with van der Waals surface area (Å²) in [7, 11) is 1.33. The number of halogens is 1. The topological polar surface area (TPSA) is 58.6 Å². The van der Waals surface area contributed by atoms with E-state index in [9.17, 15) is 9.59 Å². The van der Waals surface area contributed by atoms with E-state index in [-0.39, 0.29) is 11.9 Å². The Balaban J connectivity index is 1.69. The lowest BCUT2D eigenvalue weighted by Crippen LogP contribution is -2.36. The Morgan fingerprint density at radius 1 is 1.11 bits per heavy atom. The number of methoxy groups -OCH3 is 1. The minimum absolute atomic E-state index is 0.0875. The lowest BCUT2D eigenvalue weighted by atomic mass is 10.0. The van der Waals surface area contributed by atoms with Crippen molar-refractivity contribution in [3.05, 3.63) is 70.2 Å². The first kappa shape index (κ1) is 19.4. The quantitative estimate of drug-likeness (QED) is 0.769. The molecule has 1 amide bonds. The molecule has 0 radical (unpaired) electrons. The Bertz CT molecular complexity index is 801. The number of ether oxygens (including phenoxy) is 1. The minimum atomic E-state index is -0.419. The smallest absolute Gasteiger partial charge is 0.337 e. The molecule has 1 unspecified atom stereocenters. The molecule has 142 valence electrons. The third kappa shape index (κ3) is 4.87. The molecule has 1 N–H and O–H groups in total. The molecular formula is C21H23ClN2O3. The summed E-state index contributed by atoms with van der Waals surface area (Å²) in [5.41, 5.74) is 2.03. The molecule has 6 heteroatoms. The molecule has 0 bridgehead atoms. The molecule has 2 aromatic rings. The van der Waals surface area contributed by atoms with Crippen molar-refractivity contribution in [2.24, 2.45) is 0 Å². The van der Waals surface area contributed by atoms with Crippen molar-refractivity contribution < 1.29 is 14.3 Å². The Labute approximate surface area is 164 Å². The third-order valence-corrected chi connectivity index (χ3v) is 5.07. The maximum Gasteiger partial charge on any atom is 0.337 e. The van der Waals surface area contributed by atoms with Crippen LogP contribution in [0, 0.1) is 0 Å². The van der Waals surface area contributed by atoms with Gasteiger partial charge in [0, 0.05) is 17.1 Å². The maximum absolute atomic E-state index is 12.5. The van der Waals surface area contributed by atoms with E-state index in [1.807, 2.05) is 24.3 Å². The first-order valence-electron chi connectivity index (χ1n) is 9.04. The average molecular weight is 387 g/mol. The molecule has 0 saturated carbocycles. The fourth-order valence-electron chi connectivity index (χ4n) is 3.39. The molecule has 1 aliphatic heterocycles. The van der Waals surface area contributed by atoms with E-state index in [0.29, 0.717) is 22.7 Å². The predicted molar refractivity (Wildman–Crippen MR) is 105 cm³/mol. The van der Waals surface area contributed by atoms with Crippen LogP contribution in [0.5, 0.6) is 0 Å². The number of rotatable bonds is 6. The highest BCUT2D eigenvalue weighted by molar-refractivity contribution is 6.30. The van der Waals surface area contributed by atoms with Crippen molar-refractivity contribution in [1.29, 1.82) is 0 Å². The zero-order valence-electron chi connectivity index (χ0n) is 15.3. The largest absolute Gasteiger partial charge is 0.465 e. The van der Waals surface area contributed by atoms with E-state index >= 15 is 0 Å². The molecule has 0 spiro atoms. The van der Waals surface area contributed by atoms with Crippen LogP contribution in [-0.4, -0.2) is 43.5 Å². The molecule has 5 nitrogen and oxygen atoms in total. The van der Waals surface area contributed by atoms with Gasteiger partial charge in [-0.25, -0.2) is 4.79 Å². The van der Waals surface area contributed by atoms with Crippen LogP contribution >= 0.6 is 11.6 Å². The van der Waals surface area contributed by atoms with Crippen molar-refractivity contribution in [3.8, 4) is 0 Å². The van der Waals surface area contributed by atoms with Crippen molar-refractivity contribution in [2.45, 2.75) is 18.9 Å². The highest BCUT2D eigenvalue weighted by Gasteiger charge is 2.24. The van der Waals surface area contributed by atoms with E-state index in [1.165, 1.54) is 20.0 Å². The number of likely N-dealkylation sites (tertiary alicyclic amines) is 1. The molecule has 0 aliphatic carbocycles. The molecule has 1 atom stereocenters. The molecule has 2 aromatic carbocycles. The van der Waals surface area contributed by atoms with Crippen LogP contribution in [0.4, 0.5) is 0 Å². The van der Waals surface area contributed by atoms with E-state index in [0.717, 1.165) is 18.7 Å². The second-order valence-corrected chi connectivity index (χ2v) is 7.03. The first-order chi connectivity index (χ1) is 13.1. The van der Waals surface area contributed by atoms with Gasteiger partial charge in [0.15, 0.2) is 0 Å². The molecule has 3 rings (SSSR count). The zero-order valence-corrected chi connectivity index (χ0v) is 16.0.